The van der Waals surface area contributed by atoms with Crippen molar-refractivity contribution in [3.05, 3.63) is 71.9 Å². The molecule has 0 saturated carbocycles. The fraction of sp³-hybridized carbons (Fsp3) is 0.429. The van der Waals surface area contributed by atoms with Crippen molar-refractivity contribution in [2.75, 3.05) is 52.8 Å². The Morgan fingerprint density at radius 3 is 2.48 bits per heavy atom. The van der Waals surface area contributed by atoms with E-state index in [1.54, 1.807) is 43.3 Å². The molecule has 2 saturated heterocycles. The number of likely N-dealkylation sites (tertiary alicyclic amines) is 1. The molecule has 2 fully saturated rings. The standard InChI is InChI=1S/C35H40N6O8S/c1-5-49-34-26(10-8-16-37-34)31-32(30-25-9-6-7-11-27(25)38-33(30)42)41(35(43)44,21-23(20-36)40(31)22-14-17-39(2)18-15-22)50(45,46)29-13-12-24(47-3)19-28(29)48-4/h6-13,16,19,22-23,30-32H,5,14-15,17-18,21H2,1-4H3,(H-,38,42,43,44). The number of carbonyl (C=O) groups is 2. The number of nitrogens with zero attached hydrogens (tertiary/aromatic N) is 5. The zero-order valence-corrected chi connectivity index (χ0v) is 29.1. The highest BCUT2D eigenvalue weighted by atomic mass is 32.2. The van der Waals surface area contributed by atoms with Gasteiger partial charge in [-0.05, 0) is 69.7 Å². The smallest absolute Gasteiger partial charge is 0.337 e. The second-order valence-corrected chi connectivity index (χ2v) is 14.7. The maximum atomic E-state index is 15.4. The number of nitrogens with one attached hydrogen (secondary N) is 1. The third-order valence-corrected chi connectivity index (χ3v) is 12.4. The van der Waals surface area contributed by atoms with Crippen LogP contribution in [0.4, 0.5) is 10.5 Å². The molecule has 14 nitrogen and oxygen atoms in total. The first-order valence-electron chi connectivity index (χ1n) is 16.4. The summed E-state index contributed by atoms with van der Waals surface area (Å²) in [7, 11) is -0.449. The highest BCUT2D eigenvalue weighted by Crippen LogP contribution is 2.54. The van der Waals surface area contributed by atoms with Gasteiger partial charge in [0.25, 0.3) is 6.09 Å². The van der Waals surface area contributed by atoms with Gasteiger partial charge in [0.2, 0.25) is 11.8 Å². The Kier molecular flexibility index (Phi) is 9.73. The molecule has 2 aromatic carbocycles. The van der Waals surface area contributed by atoms with Crippen LogP contribution in [0.1, 0.15) is 42.9 Å². The first-order valence-corrected chi connectivity index (χ1v) is 17.9. The Morgan fingerprint density at radius 1 is 1.10 bits per heavy atom. The largest absolute Gasteiger partial charge is 0.497 e. The molecule has 0 spiro atoms. The molecule has 5 atom stereocenters. The quantitative estimate of drug-likeness (QED) is 0.323. The van der Waals surface area contributed by atoms with Crippen LogP contribution in [0, 0.1) is 11.3 Å². The normalized spacial score (nSPS) is 26.0. The summed E-state index contributed by atoms with van der Waals surface area (Å²) >= 11 is 0. The lowest BCUT2D eigenvalue weighted by atomic mass is 9.79. The van der Waals surface area contributed by atoms with E-state index in [0.29, 0.717) is 42.7 Å². The van der Waals surface area contributed by atoms with Gasteiger partial charge in [0, 0.05) is 29.6 Å². The summed E-state index contributed by atoms with van der Waals surface area (Å²) < 4.78 is 45.8. The van der Waals surface area contributed by atoms with Crippen molar-refractivity contribution in [2.24, 2.45) is 0 Å². The summed E-state index contributed by atoms with van der Waals surface area (Å²) in [6.45, 7) is 2.62. The Morgan fingerprint density at radius 2 is 1.82 bits per heavy atom. The summed E-state index contributed by atoms with van der Waals surface area (Å²) in [5, 5.41) is 27.8. The Bertz CT molecular complexity index is 1930. The molecule has 5 unspecified atom stereocenters. The second kappa shape index (κ2) is 13.9. The lowest BCUT2D eigenvalue weighted by Gasteiger charge is -2.57. The van der Waals surface area contributed by atoms with Gasteiger partial charge in [0.1, 0.15) is 36.0 Å². The van der Waals surface area contributed by atoms with Gasteiger partial charge in [-0.3, -0.25) is 9.69 Å². The number of piperidine rings is 1. The molecule has 264 valence electrons. The van der Waals surface area contributed by atoms with Crippen LogP contribution in [-0.2, 0) is 14.8 Å². The van der Waals surface area contributed by atoms with Gasteiger partial charge in [0.05, 0.1) is 32.9 Å². The average Bonchev–Trinajstić information content (AvgIpc) is 3.45. The molecule has 0 radical (unpaired) electrons. The highest BCUT2D eigenvalue weighted by molar-refractivity contribution is 7.86. The van der Waals surface area contributed by atoms with Gasteiger partial charge in [-0.1, -0.05) is 24.3 Å². The minimum absolute atomic E-state index is 0.143. The number of nitriles is 1. The van der Waals surface area contributed by atoms with Crippen LogP contribution in [0.3, 0.4) is 0 Å². The van der Waals surface area contributed by atoms with E-state index in [-0.39, 0.29) is 30.0 Å². The van der Waals surface area contributed by atoms with E-state index in [4.69, 9.17) is 14.2 Å². The number of hydrogen-bond acceptors (Lipinski definition) is 12. The molecular weight excluding hydrogens is 664 g/mol. The predicted octanol–water partition coefficient (Wildman–Crippen LogP) is 2.49. The number of piperazine rings is 1. The monoisotopic (exact) mass is 704 g/mol. The molecule has 1 aromatic heterocycles. The number of sulfonamides is 1. The number of carbonyl (C=O) groups excluding carboxylic acids is 2. The topological polar surface area (TPSA) is 174 Å². The van der Waals surface area contributed by atoms with Crippen molar-refractivity contribution in [3.8, 4) is 23.4 Å². The number of aromatic nitrogens is 1. The number of methoxy groups -OCH3 is 2. The van der Waals surface area contributed by atoms with Gasteiger partial charge in [-0.2, -0.15) is 17.6 Å². The van der Waals surface area contributed by atoms with Gasteiger partial charge >= 0.3 is 10.0 Å². The molecule has 0 aliphatic carbocycles. The Labute approximate surface area is 291 Å². The molecule has 2 amide bonds. The van der Waals surface area contributed by atoms with Gasteiger partial charge in [-0.25, -0.2) is 4.98 Å². The summed E-state index contributed by atoms with van der Waals surface area (Å²) in [5.74, 6) is -1.65. The third kappa shape index (κ3) is 5.62. The third-order valence-electron chi connectivity index (χ3n) is 10.2. The van der Waals surface area contributed by atoms with E-state index < -0.39 is 61.4 Å². The number of pyridine rings is 1. The summed E-state index contributed by atoms with van der Waals surface area (Å²) in [4.78, 5) is 36.4. The fourth-order valence-corrected chi connectivity index (χ4v) is 9.97. The molecule has 3 aromatic rings. The molecule has 3 aliphatic heterocycles. The summed E-state index contributed by atoms with van der Waals surface area (Å²) in [6.07, 6.45) is 0.755. The number of fused-ring (bicyclic) bond motifs is 1. The van der Waals surface area contributed by atoms with E-state index in [1.807, 2.05) is 11.9 Å². The lowest BCUT2D eigenvalue weighted by Crippen LogP contribution is -2.78. The Balaban J connectivity index is 1.73. The van der Waals surface area contributed by atoms with Crippen LogP contribution in [0.25, 0.3) is 0 Å². The Hall–Kier alpha value is -4.75. The van der Waals surface area contributed by atoms with E-state index in [2.05, 4.69) is 21.3 Å². The van der Waals surface area contributed by atoms with E-state index in [9.17, 15) is 20.0 Å². The van der Waals surface area contributed by atoms with Crippen LogP contribution in [0.5, 0.6) is 17.4 Å². The number of anilines is 1. The number of para-hydroxylation sites is 1. The first kappa shape index (κ1) is 35.1. The van der Waals surface area contributed by atoms with Crippen molar-refractivity contribution in [2.45, 2.75) is 54.7 Å². The van der Waals surface area contributed by atoms with E-state index in [1.165, 1.54) is 38.6 Å². The molecule has 6 rings (SSSR count). The molecular formula is C35H40N6O8S. The zero-order chi connectivity index (χ0) is 35.8. The number of hydrogen-bond donors (Lipinski definition) is 1. The minimum Gasteiger partial charge on any atom is -0.497 e. The van der Waals surface area contributed by atoms with Gasteiger partial charge < -0.3 is 34.3 Å². The summed E-state index contributed by atoms with van der Waals surface area (Å²) in [6, 6.07) is 12.0. The zero-order valence-electron chi connectivity index (χ0n) is 28.3. The van der Waals surface area contributed by atoms with Gasteiger partial charge in [-0.15, -0.1) is 0 Å². The van der Waals surface area contributed by atoms with Crippen LogP contribution < -0.4 is 24.6 Å². The lowest BCUT2D eigenvalue weighted by molar-refractivity contribution is -0.800. The molecule has 3 aliphatic rings. The maximum Gasteiger partial charge on any atom is 0.337 e. The van der Waals surface area contributed by atoms with E-state index >= 15 is 8.42 Å². The SMILES string of the molecule is CCOc1ncccc1C1C(C2C(=O)Nc3ccccc32)[N+](C(=O)[O-])(S(=O)(=O)c2ccc(OC)cc2OC)CC(C#N)N1C1CCN(C)CC1. The van der Waals surface area contributed by atoms with Crippen LogP contribution in [0.2, 0.25) is 0 Å². The van der Waals surface area contributed by atoms with Crippen molar-refractivity contribution < 1.29 is 41.2 Å². The number of rotatable bonds is 9. The number of amides is 2. The van der Waals surface area contributed by atoms with Crippen molar-refractivity contribution >= 4 is 27.7 Å². The van der Waals surface area contributed by atoms with E-state index in [0.717, 1.165) is 0 Å². The van der Waals surface area contributed by atoms with Gasteiger partial charge in [0.15, 0.2) is 4.90 Å². The number of carboxylic acid groups (broad SMARTS) is 1. The molecule has 15 heteroatoms. The highest BCUT2D eigenvalue weighted by Gasteiger charge is 2.67. The van der Waals surface area contributed by atoms with Crippen LogP contribution >= 0.6 is 0 Å². The van der Waals surface area contributed by atoms with Crippen molar-refractivity contribution in [3.63, 3.8) is 0 Å². The minimum atomic E-state index is -5.11. The van der Waals surface area contributed by atoms with Crippen LogP contribution in [0.15, 0.2) is 65.7 Å². The molecule has 0 bridgehead atoms. The molecule has 1 N–H and O–H groups in total. The number of quaternary nitrogens is 1. The van der Waals surface area contributed by atoms with Crippen molar-refractivity contribution in [1.29, 1.82) is 5.26 Å². The molecule has 4 heterocycles. The van der Waals surface area contributed by atoms with Crippen LogP contribution in [-0.4, -0.2) is 105 Å². The number of benzene rings is 2. The molecule has 50 heavy (non-hydrogen) atoms. The fourth-order valence-electron chi connectivity index (χ4n) is 7.90. The first-order chi connectivity index (χ1) is 24.0. The number of ether oxygens (including phenoxy) is 3. The maximum absolute atomic E-state index is 15.4. The summed E-state index contributed by atoms with van der Waals surface area (Å²) in [5.41, 5.74) is 1.21. The average molecular weight is 705 g/mol. The van der Waals surface area contributed by atoms with Crippen molar-refractivity contribution in [1.82, 2.24) is 14.8 Å². The predicted molar refractivity (Wildman–Crippen MR) is 179 cm³/mol. The second-order valence-electron chi connectivity index (χ2n) is 12.7.